The number of nitrogens with zero attached hydrogens (tertiary/aromatic N) is 2. The van der Waals surface area contributed by atoms with Gasteiger partial charge in [-0.05, 0) is 50.5 Å². The van der Waals surface area contributed by atoms with E-state index in [4.69, 9.17) is 0 Å². The Kier molecular flexibility index (Phi) is 6.73. The quantitative estimate of drug-likeness (QED) is 0.416. The number of halogens is 3. The largest absolute Gasteiger partial charge is 0.433 e. The van der Waals surface area contributed by atoms with E-state index in [0.29, 0.717) is 29.7 Å². The second kappa shape index (κ2) is 9.46. The first-order valence-corrected chi connectivity index (χ1v) is 12.9. The van der Waals surface area contributed by atoms with Crippen LogP contribution >= 0.6 is 11.3 Å². The lowest BCUT2D eigenvalue weighted by molar-refractivity contribution is -0.120. The van der Waals surface area contributed by atoms with E-state index in [1.165, 1.54) is 24.4 Å². The molecule has 2 heterocycles. The summed E-state index contributed by atoms with van der Waals surface area (Å²) in [6.45, 7) is 0.156. The van der Waals surface area contributed by atoms with Crippen LogP contribution in [-0.2, 0) is 20.2 Å². The number of rotatable bonds is 9. The summed E-state index contributed by atoms with van der Waals surface area (Å²) in [5, 5.41) is 3.85. The minimum Gasteiger partial charge on any atom is -0.433 e. The average molecular weight is 527 g/mol. The molecule has 0 atom stereocenters. The highest BCUT2D eigenvalue weighted by Crippen LogP contribution is 2.33. The minimum absolute atomic E-state index is 0.0929. The molecule has 1 amide bonds. The zero-order chi connectivity index (χ0) is 25.4. The maximum Gasteiger partial charge on any atom is 0.387 e. The van der Waals surface area contributed by atoms with Crippen molar-refractivity contribution in [3.05, 3.63) is 53.6 Å². The summed E-state index contributed by atoms with van der Waals surface area (Å²) < 4.78 is 70.7. The maximum atomic E-state index is 14.8. The number of amides is 1. The summed E-state index contributed by atoms with van der Waals surface area (Å²) in [4.78, 5) is 21.0. The van der Waals surface area contributed by atoms with E-state index in [2.05, 4.69) is 24.7 Å². The van der Waals surface area contributed by atoms with Gasteiger partial charge >= 0.3 is 6.61 Å². The molecule has 8 nitrogen and oxygen atoms in total. The molecule has 13 heteroatoms. The molecule has 186 valence electrons. The van der Waals surface area contributed by atoms with E-state index < -0.39 is 39.0 Å². The van der Waals surface area contributed by atoms with Crippen molar-refractivity contribution >= 4 is 38.1 Å². The molecule has 4 rings (SSSR count). The Labute approximate surface area is 203 Å². The summed E-state index contributed by atoms with van der Waals surface area (Å²) in [6, 6.07) is 5.28. The number of nitrogens with one attached hydrogen (secondary N) is 2. The van der Waals surface area contributed by atoms with E-state index in [1.54, 1.807) is 19.2 Å². The van der Waals surface area contributed by atoms with Crippen molar-refractivity contribution in [3.63, 3.8) is 0 Å². The minimum atomic E-state index is -3.48. The second-order valence-electron chi connectivity index (χ2n) is 8.45. The fraction of sp³-hybridized carbons (Fsp3) is 0.318. The van der Waals surface area contributed by atoms with Crippen LogP contribution in [0.1, 0.15) is 32.4 Å². The predicted molar refractivity (Wildman–Crippen MR) is 126 cm³/mol. The first-order chi connectivity index (χ1) is 16.5. The Hall–Kier alpha value is -3.19. The first kappa shape index (κ1) is 24.9. The van der Waals surface area contributed by atoms with Crippen LogP contribution in [0.2, 0.25) is 0 Å². The van der Waals surface area contributed by atoms with Crippen molar-refractivity contribution in [3.8, 4) is 16.9 Å². The van der Waals surface area contributed by atoms with Gasteiger partial charge in [-0.1, -0.05) is 6.07 Å². The molecule has 0 saturated heterocycles. The molecular formula is C22H21F3N4O4S2. The normalized spacial score (nSPS) is 14.1. The van der Waals surface area contributed by atoms with Crippen molar-refractivity contribution in [1.29, 1.82) is 0 Å². The number of hydrogen-bond donors (Lipinski definition) is 2. The van der Waals surface area contributed by atoms with Gasteiger partial charge in [0.1, 0.15) is 11.6 Å². The van der Waals surface area contributed by atoms with Gasteiger partial charge < -0.3 is 10.1 Å². The molecule has 1 fully saturated rings. The number of pyridine rings is 1. The molecule has 0 aliphatic heterocycles. The number of ether oxygens (including phenoxy) is 1. The highest BCUT2D eigenvalue weighted by molar-refractivity contribution is 7.93. The lowest BCUT2D eigenvalue weighted by Gasteiger charge is -2.22. The van der Waals surface area contributed by atoms with Gasteiger partial charge in [-0.15, -0.1) is 11.3 Å². The van der Waals surface area contributed by atoms with Crippen LogP contribution in [0, 0.1) is 5.82 Å². The number of sulfonamides is 1. The number of thiazole rings is 1. The number of benzene rings is 1. The third-order valence-electron chi connectivity index (χ3n) is 5.39. The van der Waals surface area contributed by atoms with Crippen LogP contribution in [0.15, 0.2) is 42.0 Å². The zero-order valence-corrected chi connectivity index (χ0v) is 20.2. The van der Waals surface area contributed by atoms with Crippen LogP contribution in [0.3, 0.4) is 0 Å². The molecule has 2 N–H and O–H groups in total. The van der Waals surface area contributed by atoms with E-state index in [-0.39, 0.29) is 16.6 Å². The number of alkyl halides is 2. The van der Waals surface area contributed by atoms with Crippen LogP contribution < -0.4 is 14.8 Å². The monoisotopic (exact) mass is 526 g/mol. The molecule has 1 aliphatic rings. The van der Waals surface area contributed by atoms with Gasteiger partial charge in [-0.25, -0.2) is 17.8 Å². The smallest absolute Gasteiger partial charge is 0.387 e. The lowest BCUT2D eigenvalue weighted by atomic mass is 9.89. The third kappa shape index (κ3) is 5.73. The summed E-state index contributed by atoms with van der Waals surface area (Å²) in [7, 11) is -3.48. The third-order valence-corrected chi connectivity index (χ3v) is 8.11. The van der Waals surface area contributed by atoms with E-state index in [1.807, 2.05) is 0 Å². The van der Waals surface area contributed by atoms with Crippen molar-refractivity contribution in [2.45, 2.75) is 44.0 Å². The zero-order valence-electron chi connectivity index (χ0n) is 18.6. The van der Waals surface area contributed by atoms with Crippen LogP contribution in [0.4, 0.5) is 24.0 Å². The van der Waals surface area contributed by atoms with Crippen molar-refractivity contribution in [1.82, 2.24) is 9.97 Å². The molecule has 0 unspecified atom stereocenters. The molecule has 1 saturated carbocycles. The Bertz CT molecular complexity index is 1360. The topological polar surface area (TPSA) is 110 Å². The highest BCUT2D eigenvalue weighted by Gasteiger charge is 2.37. The number of aromatic nitrogens is 2. The molecular weight excluding hydrogens is 505 g/mol. The van der Waals surface area contributed by atoms with E-state index >= 15 is 0 Å². The molecule has 0 radical (unpaired) electrons. The Morgan fingerprint density at radius 3 is 2.60 bits per heavy atom. The average Bonchev–Trinajstić information content (AvgIpc) is 3.55. The molecule has 1 aliphatic carbocycles. The molecule has 35 heavy (non-hydrogen) atoms. The van der Waals surface area contributed by atoms with Crippen LogP contribution in [-0.4, -0.2) is 36.2 Å². The van der Waals surface area contributed by atoms with E-state index in [0.717, 1.165) is 23.6 Å². The molecule has 0 bridgehead atoms. The van der Waals surface area contributed by atoms with Gasteiger partial charge in [0.25, 0.3) is 0 Å². The first-order valence-electron chi connectivity index (χ1n) is 10.4. The summed E-state index contributed by atoms with van der Waals surface area (Å²) >= 11 is 1.06. The Morgan fingerprint density at radius 1 is 1.20 bits per heavy atom. The SMILES string of the molecule is CC(C)(C(=O)Nc1ccc(-c2cncc(OC(F)F)c2)cc1F)c1csc(NS(=O)(=O)C2CC2)n1. The molecule has 3 aromatic rings. The summed E-state index contributed by atoms with van der Waals surface area (Å²) in [6.07, 6.45) is 3.70. The van der Waals surface area contributed by atoms with Crippen molar-refractivity contribution in [2.75, 3.05) is 10.0 Å². The Balaban J connectivity index is 1.47. The number of carbonyl (C=O) groups is 1. The van der Waals surface area contributed by atoms with Gasteiger partial charge in [0, 0.05) is 17.1 Å². The molecule has 0 spiro atoms. The predicted octanol–water partition coefficient (Wildman–Crippen LogP) is 4.77. The fourth-order valence-electron chi connectivity index (χ4n) is 3.13. The van der Waals surface area contributed by atoms with Gasteiger partial charge in [0.15, 0.2) is 5.13 Å². The van der Waals surface area contributed by atoms with Crippen LogP contribution in [0.5, 0.6) is 5.75 Å². The van der Waals surface area contributed by atoms with Gasteiger partial charge in [-0.2, -0.15) is 8.78 Å². The van der Waals surface area contributed by atoms with Crippen LogP contribution in [0.25, 0.3) is 11.1 Å². The van der Waals surface area contributed by atoms with Gasteiger partial charge in [-0.3, -0.25) is 14.5 Å². The summed E-state index contributed by atoms with van der Waals surface area (Å²) in [5.74, 6) is -1.47. The van der Waals surface area contributed by atoms with E-state index in [9.17, 15) is 26.4 Å². The second-order valence-corrected chi connectivity index (χ2v) is 11.3. The lowest BCUT2D eigenvalue weighted by Crippen LogP contribution is -2.35. The maximum absolute atomic E-state index is 14.8. The number of hydrogen-bond acceptors (Lipinski definition) is 7. The van der Waals surface area contributed by atoms with Gasteiger partial charge in [0.2, 0.25) is 15.9 Å². The molecule has 1 aromatic carbocycles. The number of carbonyl (C=O) groups excluding carboxylic acids is 1. The van der Waals surface area contributed by atoms with Crippen molar-refractivity contribution < 1.29 is 31.1 Å². The summed E-state index contributed by atoms with van der Waals surface area (Å²) in [5.41, 5.74) is -0.268. The molecule has 2 aromatic heterocycles. The standard InChI is InChI=1S/C22H21F3N4O4S2/c1-22(2,18-11-34-21(28-18)29-35(31,32)15-4-5-15)19(30)27-17-6-3-12(8-16(17)23)13-7-14(10-26-9-13)33-20(24)25/h3,6-11,15,20H,4-5H2,1-2H3,(H,27,30)(H,28,29). The van der Waals surface area contributed by atoms with Gasteiger partial charge in [0.05, 0.1) is 28.2 Å². The highest BCUT2D eigenvalue weighted by atomic mass is 32.2. The number of anilines is 2. The fourth-order valence-corrected chi connectivity index (χ4v) is 5.60. The van der Waals surface area contributed by atoms with Crippen molar-refractivity contribution in [2.24, 2.45) is 0 Å². The Morgan fingerprint density at radius 2 is 1.94 bits per heavy atom.